The van der Waals surface area contributed by atoms with Crippen molar-refractivity contribution in [3.63, 3.8) is 0 Å². The molecule has 0 radical (unpaired) electrons. The van der Waals surface area contributed by atoms with Gasteiger partial charge in [0.25, 0.3) is 0 Å². The molecule has 1 aromatic carbocycles. The first-order valence-electron chi connectivity index (χ1n) is 10.3. The van der Waals surface area contributed by atoms with Crippen molar-refractivity contribution in [2.75, 3.05) is 24.6 Å². The SMILES string of the molecule is C=C(OCC)c1nc(N2CCC3(CC2)CC3)cnc1C(=O)OCc1ccccc1. The van der Waals surface area contributed by atoms with Crippen LogP contribution >= 0.6 is 0 Å². The number of carbonyl (C=O) groups is 1. The predicted octanol–water partition coefficient (Wildman–Crippen LogP) is 4.22. The van der Waals surface area contributed by atoms with Crippen LogP contribution in [0.15, 0.2) is 43.1 Å². The standard InChI is InChI=1S/C23H27N3O3/c1-3-28-17(2)20-21(22(27)29-16-18-7-5-4-6-8-18)24-15-19(25-20)26-13-11-23(9-10-23)12-14-26/h4-8,15H,2-3,9-14,16H2,1H3. The van der Waals surface area contributed by atoms with Crippen LogP contribution in [0.5, 0.6) is 0 Å². The van der Waals surface area contributed by atoms with Gasteiger partial charge < -0.3 is 14.4 Å². The van der Waals surface area contributed by atoms with Crippen LogP contribution < -0.4 is 4.90 Å². The monoisotopic (exact) mass is 393 g/mol. The zero-order valence-electron chi connectivity index (χ0n) is 16.9. The fraction of sp³-hybridized carbons (Fsp3) is 0.435. The highest BCUT2D eigenvalue weighted by Gasteiger charge is 2.44. The summed E-state index contributed by atoms with van der Waals surface area (Å²) >= 11 is 0. The first kappa shape index (κ1) is 19.4. The van der Waals surface area contributed by atoms with E-state index >= 15 is 0 Å². The third-order valence-corrected chi connectivity index (χ3v) is 5.85. The van der Waals surface area contributed by atoms with Crippen LogP contribution in [-0.4, -0.2) is 35.6 Å². The Hall–Kier alpha value is -2.89. The maximum atomic E-state index is 12.7. The lowest BCUT2D eigenvalue weighted by Crippen LogP contribution is -2.35. The van der Waals surface area contributed by atoms with E-state index in [0.717, 1.165) is 24.5 Å². The predicted molar refractivity (Wildman–Crippen MR) is 111 cm³/mol. The van der Waals surface area contributed by atoms with E-state index in [-0.39, 0.29) is 12.3 Å². The Balaban J connectivity index is 1.52. The topological polar surface area (TPSA) is 64.5 Å². The molecule has 1 saturated carbocycles. The first-order chi connectivity index (χ1) is 14.1. The smallest absolute Gasteiger partial charge is 0.359 e. The van der Waals surface area contributed by atoms with Crippen molar-refractivity contribution in [3.05, 3.63) is 60.1 Å². The van der Waals surface area contributed by atoms with Crippen LogP contribution in [0, 0.1) is 5.41 Å². The molecular weight excluding hydrogens is 366 g/mol. The van der Waals surface area contributed by atoms with E-state index in [1.165, 1.54) is 25.7 Å². The Morgan fingerprint density at radius 2 is 1.83 bits per heavy atom. The highest BCUT2D eigenvalue weighted by atomic mass is 16.5. The van der Waals surface area contributed by atoms with Crippen molar-refractivity contribution in [2.45, 2.75) is 39.2 Å². The zero-order valence-corrected chi connectivity index (χ0v) is 16.9. The van der Waals surface area contributed by atoms with Crippen LogP contribution in [0.25, 0.3) is 5.76 Å². The molecule has 2 heterocycles. The van der Waals surface area contributed by atoms with Gasteiger partial charge in [0.2, 0.25) is 0 Å². The van der Waals surface area contributed by atoms with E-state index in [1.54, 1.807) is 6.20 Å². The average molecular weight is 393 g/mol. The van der Waals surface area contributed by atoms with Crippen molar-refractivity contribution in [2.24, 2.45) is 5.41 Å². The molecule has 6 heteroatoms. The number of ether oxygens (including phenoxy) is 2. The first-order valence-corrected chi connectivity index (χ1v) is 10.3. The average Bonchev–Trinajstić information content (AvgIpc) is 3.52. The Morgan fingerprint density at radius 3 is 2.48 bits per heavy atom. The molecule has 1 aliphatic heterocycles. The van der Waals surface area contributed by atoms with E-state index in [2.05, 4.69) is 16.5 Å². The number of piperidine rings is 1. The molecule has 29 heavy (non-hydrogen) atoms. The summed E-state index contributed by atoms with van der Waals surface area (Å²) in [4.78, 5) is 24.0. The quantitative estimate of drug-likeness (QED) is 0.518. The van der Waals surface area contributed by atoms with Gasteiger partial charge in [-0.25, -0.2) is 14.8 Å². The number of anilines is 1. The van der Waals surface area contributed by atoms with Crippen molar-refractivity contribution >= 4 is 17.5 Å². The van der Waals surface area contributed by atoms with E-state index < -0.39 is 5.97 Å². The summed E-state index contributed by atoms with van der Waals surface area (Å²) in [6.07, 6.45) is 6.75. The number of carbonyl (C=O) groups excluding carboxylic acids is 1. The van der Waals surface area contributed by atoms with Crippen LogP contribution in [-0.2, 0) is 16.1 Å². The highest BCUT2D eigenvalue weighted by molar-refractivity contribution is 5.91. The van der Waals surface area contributed by atoms with Gasteiger partial charge in [-0.1, -0.05) is 36.9 Å². The highest BCUT2D eigenvalue weighted by Crippen LogP contribution is 2.53. The Labute approximate surface area is 171 Å². The summed E-state index contributed by atoms with van der Waals surface area (Å²) in [5.41, 5.74) is 1.99. The molecule has 0 amide bonds. The van der Waals surface area contributed by atoms with E-state index in [0.29, 0.717) is 23.5 Å². The number of rotatable bonds is 7. The van der Waals surface area contributed by atoms with Crippen molar-refractivity contribution < 1.29 is 14.3 Å². The van der Waals surface area contributed by atoms with Crippen molar-refractivity contribution in [1.82, 2.24) is 9.97 Å². The third kappa shape index (κ3) is 4.42. The van der Waals surface area contributed by atoms with Crippen molar-refractivity contribution in [1.29, 1.82) is 0 Å². The lowest BCUT2D eigenvalue weighted by Gasteiger charge is -2.33. The van der Waals surface area contributed by atoms with Gasteiger partial charge in [-0.3, -0.25) is 0 Å². The summed E-state index contributed by atoms with van der Waals surface area (Å²) in [6.45, 7) is 8.36. The number of hydrogen-bond donors (Lipinski definition) is 0. The minimum absolute atomic E-state index is 0.138. The molecule has 6 nitrogen and oxygen atoms in total. The molecule has 2 aromatic rings. The zero-order chi connectivity index (χ0) is 20.3. The van der Waals surface area contributed by atoms with Crippen LogP contribution in [0.1, 0.15) is 54.4 Å². The second-order valence-electron chi connectivity index (χ2n) is 7.83. The van der Waals surface area contributed by atoms with Crippen LogP contribution in [0.4, 0.5) is 5.82 Å². The normalized spacial score (nSPS) is 17.1. The van der Waals surface area contributed by atoms with Gasteiger partial charge in [0.05, 0.1) is 12.8 Å². The molecule has 0 bridgehead atoms. The molecule has 1 aliphatic carbocycles. The Bertz CT molecular complexity index is 883. The van der Waals surface area contributed by atoms with Crippen LogP contribution in [0.3, 0.4) is 0 Å². The Kier molecular flexibility index (Phi) is 5.51. The molecule has 2 aliphatic rings. The van der Waals surface area contributed by atoms with Gasteiger partial charge in [0.15, 0.2) is 5.69 Å². The lowest BCUT2D eigenvalue weighted by molar-refractivity contribution is 0.0464. The summed E-state index contributed by atoms with van der Waals surface area (Å²) in [5, 5.41) is 0. The lowest BCUT2D eigenvalue weighted by atomic mass is 9.94. The summed E-state index contributed by atoms with van der Waals surface area (Å²) in [5.74, 6) is 0.569. The number of benzene rings is 1. The summed E-state index contributed by atoms with van der Waals surface area (Å²) in [7, 11) is 0. The van der Waals surface area contributed by atoms with Gasteiger partial charge in [-0.05, 0) is 43.6 Å². The fourth-order valence-corrected chi connectivity index (χ4v) is 3.80. The molecule has 0 N–H and O–H groups in total. The molecule has 152 valence electrons. The second-order valence-corrected chi connectivity index (χ2v) is 7.83. The maximum Gasteiger partial charge on any atom is 0.359 e. The van der Waals surface area contributed by atoms with Gasteiger partial charge in [0, 0.05) is 13.1 Å². The molecule has 1 spiro atoms. The van der Waals surface area contributed by atoms with Gasteiger partial charge in [-0.15, -0.1) is 0 Å². The van der Waals surface area contributed by atoms with Gasteiger partial charge in [0.1, 0.15) is 23.9 Å². The molecule has 2 fully saturated rings. The van der Waals surface area contributed by atoms with Crippen LogP contribution in [0.2, 0.25) is 0 Å². The number of aromatic nitrogens is 2. The summed E-state index contributed by atoms with van der Waals surface area (Å²) in [6, 6.07) is 9.55. The number of hydrogen-bond acceptors (Lipinski definition) is 6. The molecule has 0 unspecified atom stereocenters. The van der Waals surface area contributed by atoms with Gasteiger partial charge >= 0.3 is 5.97 Å². The van der Waals surface area contributed by atoms with E-state index in [9.17, 15) is 4.79 Å². The van der Waals surface area contributed by atoms with Gasteiger partial charge in [-0.2, -0.15) is 0 Å². The largest absolute Gasteiger partial charge is 0.492 e. The van der Waals surface area contributed by atoms with E-state index in [4.69, 9.17) is 14.5 Å². The fourth-order valence-electron chi connectivity index (χ4n) is 3.80. The summed E-state index contributed by atoms with van der Waals surface area (Å²) < 4.78 is 11.0. The molecule has 1 aromatic heterocycles. The molecule has 4 rings (SSSR count). The minimum atomic E-state index is -0.528. The minimum Gasteiger partial charge on any atom is -0.492 e. The van der Waals surface area contributed by atoms with Crippen molar-refractivity contribution in [3.8, 4) is 0 Å². The second kappa shape index (κ2) is 8.23. The molecule has 0 atom stereocenters. The third-order valence-electron chi connectivity index (χ3n) is 5.85. The number of esters is 1. The molecular formula is C23H27N3O3. The number of nitrogens with zero attached hydrogens (tertiary/aromatic N) is 3. The Morgan fingerprint density at radius 1 is 1.10 bits per heavy atom. The maximum absolute atomic E-state index is 12.7. The van der Waals surface area contributed by atoms with E-state index in [1.807, 2.05) is 37.3 Å². The molecule has 1 saturated heterocycles.